The van der Waals surface area contributed by atoms with Crippen LogP contribution in [0.15, 0.2) is 23.8 Å². The summed E-state index contributed by atoms with van der Waals surface area (Å²) in [6.45, 7) is 8.15. The molecule has 1 rings (SSSR count). The van der Waals surface area contributed by atoms with Crippen LogP contribution in [0.5, 0.6) is 0 Å². The van der Waals surface area contributed by atoms with Crippen LogP contribution in [0.4, 0.5) is 0 Å². The van der Waals surface area contributed by atoms with E-state index in [1.165, 1.54) is 0 Å². The SMILES string of the molecule is C=CC1=C(C=N)C(=O)N(C)C1.CC. The Kier molecular flexibility index (Phi) is 4.74. The highest BCUT2D eigenvalue weighted by atomic mass is 16.2. The van der Waals surface area contributed by atoms with Gasteiger partial charge in [-0.05, 0) is 5.57 Å². The minimum absolute atomic E-state index is 0.0881. The molecule has 0 spiro atoms. The van der Waals surface area contributed by atoms with Gasteiger partial charge in [0.05, 0.1) is 5.57 Å². The standard InChI is InChI=1S/C8H10N2O.C2H6/c1-3-6-5-10(2)8(11)7(6)4-9;1-2/h3-4,9H,1,5H2,2H3;1-2H3. The van der Waals surface area contributed by atoms with Crippen molar-refractivity contribution in [1.82, 2.24) is 4.90 Å². The van der Waals surface area contributed by atoms with Crippen molar-refractivity contribution in [2.24, 2.45) is 0 Å². The molecular weight excluding hydrogens is 164 g/mol. The molecule has 1 heterocycles. The largest absolute Gasteiger partial charge is 0.337 e. The van der Waals surface area contributed by atoms with Crippen molar-refractivity contribution in [3.8, 4) is 0 Å². The number of rotatable bonds is 2. The van der Waals surface area contributed by atoms with E-state index < -0.39 is 0 Å². The molecule has 1 N–H and O–H groups in total. The Morgan fingerprint density at radius 1 is 1.54 bits per heavy atom. The summed E-state index contributed by atoms with van der Waals surface area (Å²) in [7, 11) is 1.71. The highest BCUT2D eigenvalue weighted by Crippen LogP contribution is 2.15. The van der Waals surface area contributed by atoms with E-state index in [1.54, 1.807) is 18.0 Å². The van der Waals surface area contributed by atoms with Gasteiger partial charge in [-0.2, -0.15) is 0 Å². The lowest BCUT2D eigenvalue weighted by Crippen LogP contribution is -2.21. The Balaban J connectivity index is 0.000000671. The molecule has 1 aliphatic heterocycles. The number of carbonyl (C=O) groups is 1. The molecular formula is C10H16N2O. The third-order valence-corrected chi connectivity index (χ3v) is 1.72. The molecule has 0 radical (unpaired) electrons. The number of nitrogens with zero attached hydrogens (tertiary/aromatic N) is 1. The van der Waals surface area contributed by atoms with Gasteiger partial charge in [-0.15, -0.1) is 0 Å². The Labute approximate surface area is 79.3 Å². The third kappa shape index (κ3) is 2.28. The second kappa shape index (κ2) is 5.30. The summed E-state index contributed by atoms with van der Waals surface area (Å²) >= 11 is 0. The van der Waals surface area contributed by atoms with Crippen LogP contribution in [0.1, 0.15) is 13.8 Å². The van der Waals surface area contributed by atoms with Crippen LogP contribution in [0, 0.1) is 5.41 Å². The fourth-order valence-corrected chi connectivity index (χ4v) is 1.08. The van der Waals surface area contributed by atoms with Crippen LogP contribution in [0.2, 0.25) is 0 Å². The molecule has 0 saturated heterocycles. The van der Waals surface area contributed by atoms with Crippen LogP contribution in [-0.2, 0) is 4.79 Å². The maximum Gasteiger partial charge on any atom is 0.255 e. The second-order valence-corrected chi connectivity index (χ2v) is 2.45. The van der Waals surface area contributed by atoms with Crippen LogP contribution in [0.3, 0.4) is 0 Å². The molecule has 0 bridgehead atoms. The minimum atomic E-state index is -0.0881. The Hall–Kier alpha value is -1.38. The monoisotopic (exact) mass is 180 g/mol. The van der Waals surface area contributed by atoms with Gasteiger partial charge in [-0.25, -0.2) is 0 Å². The van der Waals surface area contributed by atoms with E-state index >= 15 is 0 Å². The number of hydrogen-bond donors (Lipinski definition) is 1. The number of amides is 1. The fourth-order valence-electron chi connectivity index (χ4n) is 1.08. The first-order valence-electron chi connectivity index (χ1n) is 4.32. The Morgan fingerprint density at radius 3 is 2.38 bits per heavy atom. The van der Waals surface area contributed by atoms with Gasteiger partial charge in [0.25, 0.3) is 5.91 Å². The quantitative estimate of drug-likeness (QED) is 0.645. The molecule has 1 aliphatic rings. The van der Waals surface area contributed by atoms with Gasteiger partial charge in [-0.1, -0.05) is 26.5 Å². The maximum atomic E-state index is 11.2. The average molecular weight is 180 g/mol. The lowest BCUT2D eigenvalue weighted by molar-refractivity contribution is -0.123. The van der Waals surface area contributed by atoms with Crippen molar-refractivity contribution in [2.45, 2.75) is 13.8 Å². The summed E-state index contributed by atoms with van der Waals surface area (Å²) in [6, 6.07) is 0. The van der Waals surface area contributed by atoms with Crippen LogP contribution >= 0.6 is 0 Å². The average Bonchev–Trinajstić information content (AvgIpc) is 2.46. The van der Waals surface area contributed by atoms with Gasteiger partial charge in [0.15, 0.2) is 0 Å². The zero-order valence-electron chi connectivity index (χ0n) is 8.42. The number of hydrogen-bond acceptors (Lipinski definition) is 2. The molecule has 0 aromatic rings. The van der Waals surface area contributed by atoms with Gasteiger partial charge in [0.1, 0.15) is 0 Å². The zero-order chi connectivity index (χ0) is 10.4. The van der Waals surface area contributed by atoms with E-state index in [4.69, 9.17) is 5.41 Å². The molecule has 13 heavy (non-hydrogen) atoms. The van der Waals surface area contributed by atoms with E-state index in [0.717, 1.165) is 11.8 Å². The first kappa shape index (κ1) is 11.6. The van der Waals surface area contributed by atoms with Crippen LogP contribution in [0.25, 0.3) is 0 Å². The summed E-state index contributed by atoms with van der Waals surface area (Å²) < 4.78 is 0. The van der Waals surface area contributed by atoms with E-state index in [2.05, 4.69) is 6.58 Å². The predicted octanol–water partition coefficient (Wildman–Crippen LogP) is 1.62. The van der Waals surface area contributed by atoms with E-state index in [9.17, 15) is 4.79 Å². The van der Waals surface area contributed by atoms with E-state index in [1.807, 2.05) is 13.8 Å². The fraction of sp³-hybridized carbons (Fsp3) is 0.400. The van der Waals surface area contributed by atoms with Crippen molar-refractivity contribution < 1.29 is 4.79 Å². The lowest BCUT2D eigenvalue weighted by Gasteiger charge is -2.06. The van der Waals surface area contributed by atoms with Crippen LogP contribution in [-0.4, -0.2) is 30.6 Å². The molecule has 72 valence electrons. The lowest BCUT2D eigenvalue weighted by atomic mass is 10.2. The molecule has 0 aromatic heterocycles. The zero-order valence-corrected chi connectivity index (χ0v) is 8.42. The van der Waals surface area contributed by atoms with Crippen molar-refractivity contribution >= 4 is 12.1 Å². The first-order chi connectivity index (χ1) is 6.20. The molecule has 0 unspecified atom stereocenters. The molecule has 3 heteroatoms. The Morgan fingerprint density at radius 2 is 2.08 bits per heavy atom. The normalized spacial score (nSPS) is 15.3. The third-order valence-electron chi connectivity index (χ3n) is 1.72. The topological polar surface area (TPSA) is 44.2 Å². The van der Waals surface area contributed by atoms with Crippen molar-refractivity contribution in [2.75, 3.05) is 13.6 Å². The molecule has 0 atom stereocenters. The number of carbonyl (C=O) groups excluding carboxylic acids is 1. The van der Waals surface area contributed by atoms with Crippen molar-refractivity contribution in [3.05, 3.63) is 23.8 Å². The van der Waals surface area contributed by atoms with Gasteiger partial charge >= 0.3 is 0 Å². The summed E-state index contributed by atoms with van der Waals surface area (Å²) in [5, 5.41) is 6.98. The van der Waals surface area contributed by atoms with E-state index in [-0.39, 0.29) is 5.91 Å². The predicted molar refractivity (Wildman–Crippen MR) is 55.0 cm³/mol. The summed E-state index contributed by atoms with van der Waals surface area (Å²) in [4.78, 5) is 12.7. The maximum absolute atomic E-state index is 11.2. The number of likely N-dealkylation sites (N-methyl/N-ethyl adjacent to an activating group) is 1. The molecule has 3 nitrogen and oxygen atoms in total. The minimum Gasteiger partial charge on any atom is -0.337 e. The summed E-state index contributed by atoms with van der Waals surface area (Å²) in [5.41, 5.74) is 1.30. The van der Waals surface area contributed by atoms with E-state index in [0.29, 0.717) is 12.1 Å². The molecule has 0 fully saturated rings. The smallest absolute Gasteiger partial charge is 0.255 e. The Bertz CT molecular complexity index is 254. The summed E-state index contributed by atoms with van der Waals surface area (Å²) in [6.07, 6.45) is 2.71. The first-order valence-corrected chi connectivity index (χ1v) is 4.32. The molecule has 0 aliphatic carbocycles. The number of nitrogens with one attached hydrogen (secondary N) is 1. The molecule has 0 saturated carbocycles. The molecule has 1 amide bonds. The van der Waals surface area contributed by atoms with Gasteiger partial charge in [0, 0.05) is 19.8 Å². The van der Waals surface area contributed by atoms with Gasteiger partial charge in [0.2, 0.25) is 0 Å². The summed E-state index contributed by atoms with van der Waals surface area (Å²) in [5.74, 6) is -0.0881. The highest BCUT2D eigenvalue weighted by Gasteiger charge is 2.23. The van der Waals surface area contributed by atoms with Crippen molar-refractivity contribution in [3.63, 3.8) is 0 Å². The molecule has 0 aromatic carbocycles. The van der Waals surface area contributed by atoms with Gasteiger partial charge in [-0.3, -0.25) is 4.79 Å². The van der Waals surface area contributed by atoms with Gasteiger partial charge < -0.3 is 10.3 Å². The van der Waals surface area contributed by atoms with Crippen molar-refractivity contribution in [1.29, 1.82) is 5.41 Å². The second-order valence-electron chi connectivity index (χ2n) is 2.45. The highest BCUT2D eigenvalue weighted by molar-refractivity contribution is 6.14. The van der Waals surface area contributed by atoms with Crippen LogP contribution < -0.4 is 0 Å².